The van der Waals surface area contributed by atoms with Gasteiger partial charge in [-0.15, -0.1) is 0 Å². The number of carbonyl (C=O) groups is 1. The number of aromatic nitrogens is 2. The lowest BCUT2D eigenvalue weighted by Gasteiger charge is -2.15. The first-order valence-electron chi connectivity index (χ1n) is 10.0. The third kappa shape index (κ3) is 6.04. The van der Waals surface area contributed by atoms with Crippen LogP contribution in [0.4, 0.5) is 24.8 Å². The van der Waals surface area contributed by atoms with Gasteiger partial charge in [0.1, 0.15) is 0 Å². The minimum atomic E-state index is -4.58. The van der Waals surface area contributed by atoms with Crippen LogP contribution in [-0.4, -0.2) is 15.9 Å². The zero-order valence-electron chi connectivity index (χ0n) is 17.5. The molecule has 0 saturated carbocycles. The molecular formula is C23H24F3N5O. The minimum absolute atomic E-state index is 0.0193. The van der Waals surface area contributed by atoms with E-state index in [1.54, 1.807) is 36.4 Å². The highest BCUT2D eigenvalue weighted by molar-refractivity contribution is 5.77. The van der Waals surface area contributed by atoms with Crippen molar-refractivity contribution in [3.8, 4) is 0 Å². The Bertz CT molecular complexity index is 1080. The van der Waals surface area contributed by atoms with Crippen LogP contribution in [0.25, 0.3) is 0 Å². The van der Waals surface area contributed by atoms with Crippen molar-refractivity contribution in [1.29, 1.82) is 0 Å². The van der Waals surface area contributed by atoms with Crippen LogP contribution in [0.15, 0.2) is 54.7 Å². The molecule has 1 aromatic heterocycles. The van der Waals surface area contributed by atoms with Gasteiger partial charge in [0, 0.05) is 17.9 Å². The SMILES string of the molecule is CC(N)c1ccc(Nc2ncc(C(F)(F)F)c(CCc3ccccc3CC(N)=O)n2)cc1. The van der Waals surface area contributed by atoms with Crippen LogP contribution in [0, 0.1) is 0 Å². The van der Waals surface area contributed by atoms with Crippen molar-refractivity contribution in [3.63, 3.8) is 0 Å². The van der Waals surface area contributed by atoms with Gasteiger partial charge in [0.15, 0.2) is 0 Å². The van der Waals surface area contributed by atoms with Crippen molar-refractivity contribution in [1.82, 2.24) is 9.97 Å². The van der Waals surface area contributed by atoms with Crippen molar-refractivity contribution in [3.05, 3.63) is 82.7 Å². The number of carbonyl (C=O) groups excluding carboxylic acids is 1. The zero-order valence-corrected chi connectivity index (χ0v) is 17.5. The lowest BCUT2D eigenvalue weighted by Crippen LogP contribution is -2.16. The lowest BCUT2D eigenvalue weighted by molar-refractivity contribution is -0.138. The van der Waals surface area contributed by atoms with Crippen LogP contribution < -0.4 is 16.8 Å². The second-order valence-electron chi connectivity index (χ2n) is 7.50. The minimum Gasteiger partial charge on any atom is -0.369 e. The molecule has 0 saturated heterocycles. The maximum absolute atomic E-state index is 13.5. The van der Waals surface area contributed by atoms with E-state index >= 15 is 0 Å². The van der Waals surface area contributed by atoms with Gasteiger partial charge in [-0.2, -0.15) is 13.2 Å². The highest BCUT2D eigenvalue weighted by atomic mass is 19.4. The molecule has 32 heavy (non-hydrogen) atoms. The van der Waals surface area contributed by atoms with Gasteiger partial charge in [-0.1, -0.05) is 36.4 Å². The van der Waals surface area contributed by atoms with Gasteiger partial charge in [0.2, 0.25) is 11.9 Å². The Morgan fingerprint density at radius 3 is 2.31 bits per heavy atom. The summed E-state index contributed by atoms with van der Waals surface area (Å²) in [5.74, 6) is -0.441. The van der Waals surface area contributed by atoms with E-state index < -0.39 is 17.6 Å². The quantitative estimate of drug-likeness (QED) is 0.487. The molecule has 5 N–H and O–H groups in total. The molecule has 3 rings (SSSR count). The Morgan fingerprint density at radius 2 is 1.72 bits per heavy atom. The fraction of sp³-hybridized carbons (Fsp3) is 0.261. The molecule has 0 aliphatic heterocycles. The third-order valence-electron chi connectivity index (χ3n) is 4.98. The first-order valence-corrected chi connectivity index (χ1v) is 10.0. The van der Waals surface area contributed by atoms with Crippen LogP contribution in [0.5, 0.6) is 0 Å². The molecule has 6 nitrogen and oxygen atoms in total. The fourth-order valence-corrected chi connectivity index (χ4v) is 3.32. The molecule has 0 aliphatic carbocycles. The molecule has 2 aromatic carbocycles. The van der Waals surface area contributed by atoms with Gasteiger partial charge in [0.25, 0.3) is 0 Å². The van der Waals surface area contributed by atoms with Crippen LogP contribution >= 0.6 is 0 Å². The summed E-state index contributed by atoms with van der Waals surface area (Å²) in [6, 6.07) is 14.1. The smallest absolute Gasteiger partial charge is 0.369 e. The number of amides is 1. The van der Waals surface area contributed by atoms with Gasteiger partial charge < -0.3 is 16.8 Å². The van der Waals surface area contributed by atoms with E-state index in [0.29, 0.717) is 11.3 Å². The van der Waals surface area contributed by atoms with Gasteiger partial charge in [0.05, 0.1) is 17.7 Å². The molecule has 168 valence electrons. The van der Waals surface area contributed by atoms with Crippen molar-refractivity contribution in [2.75, 3.05) is 5.32 Å². The number of primary amides is 1. The maximum atomic E-state index is 13.5. The van der Waals surface area contributed by atoms with E-state index in [4.69, 9.17) is 11.5 Å². The van der Waals surface area contributed by atoms with Crippen LogP contribution in [0.1, 0.15) is 40.9 Å². The number of aryl methyl sites for hydroxylation is 2. The molecule has 0 spiro atoms. The first kappa shape index (κ1) is 23.2. The predicted molar refractivity (Wildman–Crippen MR) is 116 cm³/mol. The number of anilines is 2. The summed E-state index contributed by atoms with van der Waals surface area (Å²) in [4.78, 5) is 19.3. The number of rotatable bonds is 8. The van der Waals surface area contributed by atoms with Gasteiger partial charge in [-0.3, -0.25) is 4.79 Å². The number of nitrogens with zero attached hydrogens (tertiary/aromatic N) is 2. The fourth-order valence-electron chi connectivity index (χ4n) is 3.32. The standard InChI is InChI=1S/C23H24F3N5O/c1-14(27)15-6-9-18(10-7-15)30-22-29-13-19(23(24,25)26)20(31-22)11-8-16-4-2-3-5-17(16)12-21(28)32/h2-7,9-10,13-14H,8,11-12,27H2,1H3,(H2,28,32)(H,29,30,31). The zero-order chi connectivity index (χ0) is 23.3. The van der Waals surface area contributed by atoms with Crippen molar-refractivity contribution < 1.29 is 18.0 Å². The number of benzene rings is 2. The summed E-state index contributed by atoms with van der Waals surface area (Å²) in [5, 5.41) is 2.93. The molecule has 1 amide bonds. The maximum Gasteiger partial charge on any atom is 0.419 e. The van der Waals surface area contributed by atoms with Crippen LogP contribution in [-0.2, 0) is 30.2 Å². The molecule has 1 unspecified atom stereocenters. The largest absolute Gasteiger partial charge is 0.419 e. The number of hydrogen-bond donors (Lipinski definition) is 3. The van der Waals surface area contributed by atoms with E-state index in [1.165, 1.54) is 0 Å². The van der Waals surface area contributed by atoms with Gasteiger partial charge in [-0.05, 0) is 48.6 Å². The summed E-state index contributed by atoms with van der Waals surface area (Å²) in [5.41, 5.74) is 13.1. The normalized spacial score (nSPS) is 12.4. The topological polar surface area (TPSA) is 107 Å². The van der Waals surface area contributed by atoms with E-state index in [2.05, 4.69) is 15.3 Å². The first-order chi connectivity index (χ1) is 15.1. The number of halogens is 3. The number of alkyl halides is 3. The number of nitrogens with one attached hydrogen (secondary N) is 1. The highest BCUT2D eigenvalue weighted by Gasteiger charge is 2.34. The highest BCUT2D eigenvalue weighted by Crippen LogP contribution is 2.32. The Kier molecular flexibility index (Phi) is 7.09. The predicted octanol–water partition coefficient (Wildman–Crippen LogP) is 4.07. The Hall–Kier alpha value is -3.46. The van der Waals surface area contributed by atoms with Gasteiger partial charge >= 0.3 is 6.18 Å². The lowest BCUT2D eigenvalue weighted by atomic mass is 9.98. The van der Waals surface area contributed by atoms with Crippen LogP contribution in [0.2, 0.25) is 0 Å². The molecule has 0 radical (unpaired) electrons. The summed E-state index contributed by atoms with van der Waals surface area (Å²) in [6.07, 6.45) is -3.48. The summed E-state index contributed by atoms with van der Waals surface area (Å²) >= 11 is 0. The van der Waals surface area contributed by atoms with Crippen molar-refractivity contribution >= 4 is 17.5 Å². The third-order valence-corrected chi connectivity index (χ3v) is 4.98. The van der Waals surface area contributed by atoms with Crippen molar-refractivity contribution in [2.24, 2.45) is 11.5 Å². The molecule has 1 heterocycles. The van der Waals surface area contributed by atoms with Crippen LogP contribution in [0.3, 0.4) is 0 Å². The second-order valence-corrected chi connectivity index (χ2v) is 7.50. The molecule has 0 fully saturated rings. The van der Waals surface area contributed by atoms with E-state index in [0.717, 1.165) is 17.3 Å². The second kappa shape index (κ2) is 9.78. The monoisotopic (exact) mass is 443 g/mol. The Labute approximate surface area is 183 Å². The average molecular weight is 443 g/mol. The van der Waals surface area contributed by atoms with Crippen molar-refractivity contribution in [2.45, 2.75) is 38.4 Å². The molecule has 3 aromatic rings. The van der Waals surface area contributed by atoms with E-state index in [-0.39, 0.29) is 36.9 Å². The Balaban J connectivity index is 1.84. The summed E-state index contributed by atoms with van der Waals surface area (Å²) < 4.78 is 40.6. The van der Waals surface area contributed by atoms with Gasteiger partial charge in [-0.25, -0.2) is 9.97 Å². The number of nitrogens with two attached hydrogens (primary N) is 2. The number of hydrogen-bond acceptors (Lipinski definition) is 5. The average Bonchev–Trinajstić information content (AvgIpc) is 2.72. The molecule has 0 aliphatic rings. The van der Waals surface area contributed by atoms with E-state index in [9.17, 15) is 18.0 Å². The molecule has 1 atom stereocenters. The Morgan fingerprint density at radius 1 is 1.06 bits per heavy atom. The molecule has 0 bridgehead atoms. The summed E-state index contributed by atoms with van der Waals surface area (Å²) in [6.45, 7) is 1.86. The van der Waals surface area contributed by atoms with E-state index in [1.807, 2.05) is 19.1 Å². The summed E-state index contributed by atoms with van der Waals surface area (Å²) in [7, 11) is 0. The molecule has 9 heteroatoms. The molecular weight excluding hydrogens is 419 g/mol.